The first-order chi connectivity index (χ1) is 8.95. The molecule has 5 heteroatoms. The molecule has 19 heavy (non-hydrogen) atoms. The molecule has 1 fully saturated rings. The number of nitrogens with zero attached hydrogens (tertiary/aromatic N) is 3. The van der Waals surface area contributed by atoms with Crippen LogP contribution >= 0.6 is 11.8 Å². The third-order valence-corrected chi connectivity index (χ3v) is 4.17. The van der Waals surface area contributed by atoms with Crippen LogP contribution < -0.4 is 5.32 Å². The SMILES string of the molecule is Cc1cnc(CN=C2NC(C(C)(C)C)CCS2)cn1. The molecule has 1 aliphatic heterocycles. The highest BCUT2D eigenvalue weighted by Gasteiger charge is 2.28. The summed E-state index contributed by atoms with van der Waals surface area (Å²) in [6.07, 6.45) is 4.78. The van der Waals surface area contributed by atoms with Crippen LogP contribution in [0.4, 0.5) is 0 Å². The second-order valence-electron chi connectivity index (χ2n) is 5.97. The van der Waals surface area contributed by atoms with Crippen molar-refractivity contribution in [2.24, 2.45) is 10.4 Å². The lowest BCUT2D eigenvalue weighted by Crippen LogP contribution is -2.46. The number of amidine groups is 1. The van der Waals surface area contributed by atoms with Gasteiger partial charge in [0, 0.05) is 18.0 Å². The third kappa shape index (κ3) is 4.20. The fourth-order valence-electron chi connectivity index (χ4n) is 1.93. The Labute approximate surface area is 119 Å². The van der Waals surface area contributed by atoms with Crippen molar-refractivity contribution in [1.29, 1.82) is 0 Å². The van der Waals surface area contributed by atoms with Crippen molar-refractivity contribution in [2.75, 3.05) is 5.75 Å². The second kappa shape index (κ2) is 5.90. The van der Waals surface area contributed by atoms with E-state index < -0.39 is 0 Å². The van der Waals surface area contributed by atoms with Crippen molar-refractivity contribution in [1.82, 2.24) is 15.3 Å². The van der Waals surface area contributed by atoms with Crippen LogP contribution in [-0.4, -0.2) is 26.9 Å². The van der Waals surface area contributed by atoms with E-state index in [1.165, 1.54) is 6.42 Å². The molecule has 1 saturated heterocycles. The zero-order valence-electron chi connectivity index (χ0n) is 12.1. The Kier molecular flexibility index (Phi) is 4.45. The Hall–Kier alpha value is -1.10. The fraction of sp³-hybridized carbons (Fsp3) is 0.643. The van der Waals surface area contributed by atoms with Gasteiger partial charge in [0.05, 0.1) is 24.1 Å². The van der Waals surface area contributed by atoms with Gasteiger partial charge in [-0.2, -0.15) is 0 Å². The number of hydrogen-bond donors (Lipinski definition) is 1. The molecule has 1 atom stereocenters. The Balaban J connectivity index is 1.97. The lowest BCUT2D eigenvalue weighted by atomic mass is 9.85. The highest BCUT2D eigenvalue weighted by atomic mass is 32.2. The van der Waals surface area contributed by atoms with Crippen molar-refractivity contribution >= 4 is 16.9 Å². The van der Waals surface area contributed by atoms with Gasteiger partial charge in [-0.15, -0.1) is 0 Å². The first-order valence-electron chi connectivity index (χ1n) is 6.66. The normalized spacial score (nSPS) is 22.3. The Morgan fingerprint density at radius 3 is 2.79 bits per heavy atom. The maximum Gasteiger partial charge on any atom is 0.157 e. The monoisotopic (exact) mass is 278 g/mol. The Morgan fingerprint density at radius 1 is 1.37 bits per heavy atom. The summed E-state index contributed by atoms with van der Waals surface area (Å²) < 4.78 is 0. The minimum atomic E-state index is 0.269. The molecule has 1 aromatic rings. The maximum atomic E-state index is 4.61. The molecule has 0 aromatic carbocycles. The smallest absolute Gasteiger partial charge is 0.157 e. The maximum absolute atomic E-state index is 4.61. The van der Waals surface area contributed by atoms with Gasteiger partial charge < -0.3 is 5.32 Å². The number of rotatable bonds is 2. The summed E-state index contributed by atoms with van der Waals surface area (Å²) in [5, 5.41) is 4.58. The number of hydrogen-bond acceptors (Lipinski definition) is 4. The van der Waals surface area contributed by atoms with E-state index in [1.54, 1.807) is 24.2 Å². The molecule has 0 radical (unpaired) electrons. The van der Waals surface area contributed by atoms with Crippen LogP contribution in [0.1, 0.15) is 38.6 Å². The average molecular weight is 278 g/mol. The number of nitrogens with one attached hydrogen (secondary N) is 1. The van der Waals surface area contributed by atoms with Gasteiger partial charge >= 0.3 is 0 Å². The Morgan fingerprint density at radius 2 is 2.16 bits per heavy atom. The second-order valence-corrected chi connectivity index (χ2v) is 7.05. The van der Waals surface area contributed by atoms with Crippen LogP contribution in [0.25, 0.3) is 0 Å². The Bertz CT molecular complexity index is 448. The van der Waals surface area contributed by atoms with Crippen molar-refractivity contribution in [3.8, 4) is 0 Å². The van der Waals surface area contributed by atoms with Crippen LogP contribution in [0.2, 0.25) is 0 Å². The van der Waals surface area contributed by atoms with Gasteiger partial charge in [0.2, 0.25) is 0 Å². The third-order valence-electron chi connectivity index (χ3n) is 3.21. The molecule has 1 aliphatic rings. The highest BCUT2D eigenvalue weighted by Crippen LogP contribution is 2.27. The van der Waals surface area contributed by atoms with E-state index in [9.17, 15) is 0 Å². The van der Waals surface area contributed by atoms with Gasteiger partial charge in [-0.3, -0.25) is 15.0 Å². The van der Waals surface area contributed by atoms with Crippen molar-refractivity contribution < 1.29 is 0 Å². The average Bonchev–Trinajstić information content (AvgIpc) is 2.37. The van der Waals surface area contributed by atoms with E-state index in [1.807, 2.05) is 6.92 Å². The van der Waals surface area contributed by atoms with Crippen molar-refractivity contribution in [2.45, 2.75) is 46.7 Å². The molecule has 0 aliphatic carbocycles. The molecule has 0 spiro atoms. The quantitative estimate of drug-likeness (QED) is 0.904. The van der Waals surface area contributed by atoms with E-state index in [-0.39, 0.29) is 5.41 Å². The van der Waals surface area contributed by atoms with Crippen LogP contribution in [0, 0.1) is 12.3 Å². The molecule has 1 unspecified atom stereocenters. The van der Waals surface area contributed by atoms with Gasteiger partial charge in [-0.25, -0.2) is 0 Å². The zero-order chi connectivity index (χ0) is 13.9. The number of aryl methyl sites for hydroxylation is 1. The zero-order valence-corrected chi connectivity index (χ0v) is 12.9. The summed E-state index contributed by atoms with van der Waals surface area (Å²) in [6, 6.07) is 0.497. The molecule has 0 saturated carbocycles. The number of aromatic nitrogens is 2. The molecule has 1 aromatic heterocycles. The van der Waals surface area contributed by atoms with Gasteiger partial charge in [-0.05, 0) is 18.8 Å². The topological polar surface area (TPSA) is 50.2 Å². The minimum Gasteiger partial charge on any atom is -0.362 e. The van der Waals surface area contributed by atoms with Crippen LogP contribution in [0.3, 0.4) is 0 Å². The summed E-state index contributed by atoms with van der Waals surface area (Å²) in [5.41, 5.74) is 2.12. The summed E-state index contributed by atoms with van der Waals surface area (Å²) in [4.78, 5) is 13.2. The highest BCUT2D eigenvalue weighted by molar-refractivity contribution is 8.13. The number of thioether (sulfide) groups is 1. The van der Waals surface area contributed by atoms with Gasteiger partial charge in [0.1, 0.15) is 0 Å². The number of aliphatic imine (C=N–C) groups is 1. The molecule has 0 amide bonds. The molecule has 104 valence electrons. The lowest BCUT2D eigenvalue weighted by Gasteiger charge is -2.35. The summed E-state index contributed by atoms with van der Waals surface area (Å²) in [6.45, 7) is 9.34. The standard InChI is InChI=1S/C14H22N4S/c1-10-7-16-11(8-15-10)9-17-13-18-12(5-6-19-13)14(2,3)4/h7-8,12H,5-6,9H2,1-4H3,(H,17,18). The molecular weight excluding hydrogens is 256 g/mol. The van der Waals surface area contributed by atoms with Crippen LogP contribution in [0.15, 0.2) is 17.4 Å². The molecule has 1 N–H and O–H groups in total. The van der Waals surface area contributed by atoms with E-state index in [4.69, 9.17) is 0 Å². The van der Waals surface area contributed by atoms with Crippen LogP contribution in [-0.2, 0) is 6.54 Å². The van der Waals surface area contributed by atoms with E-state index >= 15 is 0 Å². The molecular formula is C14H22N4S. The van der Waals surface area contributed by atoms with E-state index in [2.05, 4.69) is 41.0 Å². The van der Waals surface area contributed by atoms with E-state index in [0.717, 1.165) is 22.3 Å². The summed E-state index contributed by atoms with van der Waals surface area (Å²) in [5.74, 6) is 1.13. The summed E-state index contributed by atoms with van der Waals surface area (Å²) >= 11 is 1.80. The summed E-state index contributed by atoms with van der Waals surface area (Å²) in [7, 11) is 0. The lowest BCUT2D eigenvalue weighted by molar-refractivity contribution is 0.290. The largest absolute Gasteiger partial charge is 0.362 e. The predicted molar refractivity (Wildman–Crippen MR) is 81.4 cm³/mol. The minimum absolute atomic E-state index is 0.269. The first kappa shape index (κ1) is 14.3. The molecule has 2 rings (SSSR count). The van der Waals surface area contributed by atoms with Gasteiger partial charge in [0.15, 0.2) is 5.17 Å². The van der Waals surface area contributed by atoms with Crippen LogP contribution in [0.5, 0.6) is 0 Å². The van der Waals surface area contributed by atoms with Crippen molar-refractivity contribution in [3.05, 3.63) is 23.8 Å². The van der Waals surface area contributed by atoms with E-state index in [0.29, 0.717) is 12.6 Å². The molecule has 0 bridgehead atoms. The van der Waals surface area contributed by atoms with Crippen molar-refractivity contribution in [3.63, 3.8) is 0 Å². The fourth-order valence-corrected chi connectivity index (χ4v) is 2.86. The first-order valence-corrected chi connectivity index (χ1v) is 7.65. The van der Waals surface area contributed by atoms with Gasteiger partial charge in [0.25, 0.3) is 0 Å². The van der Waals surface area contributed by atoms with Gasteiger partial charge in [-0.1, -0.05) is 32.5 Å². The molecule has 2 heterocycles. The molecule has 4 nitrogen and oxygen atoms in total. The predicted octanol–water partition coefficient (Wildman–Crippen LogP) is 2.78.